The largest absolute Gasteiger partial charge is 0.396 e. The van der Waals surface area contributed by atoms with Crippen LogP contribution in [-0.2, 0) is 0 Å². The number of aromatic nitrogens is 6. The number of hydrogen-bond acceptors (Lipinski definition) is 9. The fraction of sp³-hybridized carbons (Fsp3) is 0.263. The lowest BCUT2D eigenvalue weighted by atomic mass is 10.1. The monoisotopic (exact) mass is 722 g/mol. The van der Waals surface area contributed by atoms with Crippen LogP contribution in [0.15, 0.2) is 79.0 Å². The number of rotatable bonds is 10. The van der Waals surface area contributed by atoms with E-state index in [4.69, 9.17) is 31.9 Å². The second kappa shape index (κ2) is 14.7. The lowest BCUT2D eigenvalue weighted by molar-refractivity contribution is 0.286. The van der Waals surface area contributed by atoms with Gasteiger partial charge in [-0.05, 0) is 104 Å². The average Bonchev–Trinajstić information content (AvgIpc) is 3.89. The molecule has 256 valence electrons. The highest BCUT2D eigenvalue weighted by molar-refractivity contribution is 7.22. The van der Waals surface area contributed by atoms with Crippen LogP contribution in [0.4, 0.5) is 11.6 Å². The van der Waals surface area contributed by atoms with Crippen molar-refractivity contribution >= 4 is 77.4 Å². The summed E-state index contributed by atoms with van der Waals surface area (Å²) in [5, 5.41) is 24.9. The van der Waals surface area contributed by atoms with Crippen LogP contribution in [0, 0.1) is 13.8 Å². The molecule has 0 saturated carbocycles. The SMILES string of the molecule is CCCN(C)c1ccc2nc(C)c(-c3cc4ccccc4s3)n2n1.Cc1c(-c2cnc3ccc(NCCCCO)nn23)sc2ccc(Cl)cc12. The molecule has 0 radical (unpaired) electrons. The second-order valence-electron chi connectivity index (χ2n) is 12.3. The van der Waals surface area contributed by atoms with Crippen LogP contribution in [0.1, 0.15) is 37.4 Å². The Hall–Kier alpha value is -4.55. The number of nitrogens with zero attached hydrogens (tertiary/aromatic N) is 7. The summed E-state index contributed by atoms with van der Waals surface area (Å²) in [4.78, 5) is 13.7. The van der Waals surface area contributed by atoms with E-state index in [2.05, 4.69) is 85.5 Å². The first-order chi connectivity index (χ1) is 24.3. The minimum absolute atomic E-state index is 0.217. The van der Waals surface area contributed by atoms with Crippen LogP contribution in [0.3, 0.4) is 0 Å². The normalized spacial score (nSPS) is 11.5. The van der Waals surface area contributed by atoms with Crippen LogP contribution < -0.4 is 10.2 Å². The predicted octanol–water partition coefficient (Wildman–Crippen LogP) is 9.52. The van der Waals surface area contributed by atoms with E-state index >= 15 is 0 Å². The predicted molar refractivity (Wildman–Crippen MR) is 210 cm³/mol. The third kappa shape index (κ3) is 6.78. The second-order valence-corrected chi connectivity index (χ2v) is 14.8. The van der Waals surface area contributed by atoms with E-state index in [1.807, 2.05) is 45.6 Å². The van der Waals surface area contributed by atoms with Crippen LogP contribution in [0.5, 0.6) is 0 Å². The summed E-state index contributed by atoms with van der Waals surface area (Å²) in [7, 11) is 2.08. The van der Waals surface area contributed by atoms with E-state index in [0.717, 1.165) is 82.3 Å². The number of hydrogen-bond donors (Lipinski definition) is 2. The number of benzene rings is 2. The van der Waals surface area contributed by atoms with E-state index in [1.165, 1.54) is 30.6 Å². The number of anilines is 2. The van der Waals surface area contributed by atoms with Gasteiger partial charge < -0.3 is 15.3 Å². The smallest absolute Gasteiger partial charge is 0.154 e. The van der Waals surface area contributed by atoms with Gasteiger partial charge in [-0.15, -0.1) is 32.9 Å². The number of fused-ring (bicyclic) bond motifs is 4. The van der Waals surface area contributed by atoms with Gasteiger partial charge in [-0.2, -0.15) is 0 Å². The molecule has 0 fully saturated rings. The summed E-state index contributed by atoms with van der Waals surface area (Å²) >= 11 is 9.68. The van der Waals surface area contributed by atoms with Crippen molar-refractivity contribution in [3.8, 4) is 21.1 Å². The number of aliphatic hydroxyl groups excluding tert-OH is 1. The number of aliphatic hydroxyl groups is 1. The Bertz CT molecular complexity index is 2390. The fourth-order valence-electron chi connectivity index (χ4n) is 6.08. The highest BCUT2D eigenvalue weighted by Crippen LogP contribution is 2.39. The molecule has 0 spiro atoms. The quantitative estimate of drug-likeness (QED) is 0.136. The topological polar surface area (TPSA) is 95.9 Å². The molecule has 0 aliphatic rings. The minimum Gasteiger partial charge on any atom is -0.396 e. The van der Waals surface area contributed by atoms with E-state index < -0.39 is 0 Å². The van der Waals surface area contributed by atoms with Gasteiger partial charge in [0.25, 0.3) is 0 Å². The van der Waals surface area contributed by atoms with Crippen molar-refractivity contribution in [2.75, 3.05) is 37.0 Å². The summed E-state index contributed by atoms with van der Waals surface area (Å²) in [5.41, 5.74) is 6.00. The van der Waals surface area contributed by atoms with Gasteiger partial charge in [0.15, 0.2) is 11.3 Å². The van der Waals surface area contributed by atoms with Gasteiger partial charge in [-0.3, -0.25) is 0 Å². The highest BCUT2D eigenvalue weighted by Gasteiger charge is 2.17. The third-order valence-electron chi connectivity index (χ3n) is 8.63. The molecule has 2 aromatic carbocycles. The molecule has 6 aromatic heterocycles. The van der Waals surface area contributed by atoms with Crippen molar-refractivity contribution in [1.29, 1.82) is 0 Å². The number of thiophene rings is 2. The van der Waals surface area contributed by atoms with Crippen LogP contribution in [0.2, 0.25) is 5.02 Å². The number of imidazole rings is 2. The molecule has 0 aliphatic carbocycles. The molecule has 50 heavy (non-hydrogen) atoms. The Morgan fingerprint density at radius 1 is 0.900 bits per heavy atom. The molecular weight excluding hydrogens is 684 g/mol. The van der Waals surface area contributed by atoms with Crippen molar-refractivity contribution in [2.45, 2.75) is 40.0 Å². The Kier molecular flexibility index (Phi) is 10.0. The number of halogens is 1. The number of unbranched alkanes of at least 4 members (excludes halogenated alkanes) is 1. The molecule has 8 rings (SSSR count). The zero-order valence-electron chi connectivity index (χ0n) is 28.5. The van der Waals surface area contributed by atoms with Crippen molar-refractivity contribution in [3.63, 3.8) is 0 Å². The maximum atomic E-state index is 8.88. The summed E-state index contributed by atoms with van der Waals surface area (Å²) in [5.74, 6) is 1.78. The Balaban J connectivity index is 0.000000157. The van der Waals surface area contributed by atoms with Gasteiger partial charge in [0.1, 0.15) is 23.0 Å². The number of nitrogens with one attached hydrogen (secondary N) is 1. The molecular formula is C38H39ClN8OS2. The Morgan fingerprint density at radius 3 is 2.56 bits per heavy atom. The van der Waals surface area contributed by atoms with E-state index in [-0.39, 0.29) is 6.61 Å². The summed E-state index contributed by atoms with van der Waals surface area (Å²) in [6, 6.07) is 24.7. The Labute approximate surface area is 303 Å². The van der Waals surface area contributed by atoms with Crippen LogP contribution >= 0.6 is 34.3 Å². The van der Waals surface area contributed by atoms with Crippen molar-refractivity contribution < 1.29 is 5.11 Å². The van der Waals surface area contributed by atoms with Gasteiger partial charge in [0.05, 0.1) is 21.6 Å². The molecule has 6 heterocycles. The minimum atomic E-state index is 0.217. The van der Waals surface area contributed by atoms with E-state index in [0.29, 0.717) is 0 Å². The fourth-order valence-corrected chi connectivity index (χ4v) is 8.58. The maximum Gasteiger partial charge on any atom is 0.154 e. The average molecular weight is 723 g/mol. The maximum absolute atomic E-state index is 8.88. The first-order valence-electron chi connectivity index (χ1n) is 16.8. The molecule has 12 heteroatoms. The molecule has 0 atom stereocenters. The van der Waals surface area contributed by atoms with Crippen molar-refractivity contribution in [1.82, 2.24) is 29.2 Å². The molecule has 0 unspecified atom stereocenters. The molecule has 0 aliphatic heterocycles. The zero-order valence-corrected chi connectivity index (χ0v) is 30.9. The third-order valence-corrected chi connectivity index (χ3v) is 11.3. The van der Waals surface area contributed by atoms with Crippen LogP contribution in [-0.4, -0.2) is 61.0 Å². The lowest BCUT2D eigenvalue weighted by Crippen LogP contribution is -2.19. The molecule has 0 amide bonds. The molecule has 9 nitrogen and oxygen atoms in total. The van der Waals surface area contributed by atoms with Crippen molar-refractivity contribution in [3.05, 3.63) is 95.3 Å². The van der Waals surface area contributed by atoms with Gasteiger partial charge in [0, 0.05) is 41.2 Å². The highest BCUT2D eigenvalue weighted by atomic mass is 35.5. The van der Waals surface area contributed by atoms with Gasteiger partial charge >= 0.3 is 0 Å². The standard InChI is InChI=1S/C19H19ClN4OS.C19H20N4S/c1-12-14-10-13(20)4-5-16(14)26-19(12)15-11-22-18-7-6-17(23-24(15)18)21-8-2-3-9-25;1-4-11-22(3)18-10-9-17-20-13(2)19(23(17)21-18)16-12-14-7-5-6-8-15(14)24-16/h4-7,10-11,25H,2-3,8-9H2,1H3,(H,21,23);5-10,12H,4,11H2,1-3H3. The van der Waals surface area contributed by atoms with Gasteiger partial charge in [0.2, 0.25) is 0 Å². The van der Waals surface area contributed by atoms with Crippen LogP contribution in [0.25, 0.3) is 52.6 Å². The van der Waals surface area contributed by atoms with E-state index in [1.54, 1.807) is 22.7 Å². The lowest BCUT2D eigenvalue weighted by Gasteiger charge is -2.16. The molecule has 0 saturated heterocycles. The first kappa shape index (κ1) is 33.9. The molecule has 8 aromatic rings. The summed E-state index contributed by atoms with van der Waals surface area (Å²) in [6.45, 7) is 8.34. The zero-order chi connectivity index (χ0) is 34.8. The molecule has 0 bridgehead atoms. The number of aryl methyl sites for hydroxylation is 2. The first-order valence-corrected chi connectivity index (χ1v) is 18.8. The van der Waals surface area contributed by atoms with Gasteiger partial charge in [-0.25, -0.2) is 19.0 Å². The summed E-state index contributed by atoms with van der Waals surface area (Å²) in [6.07, 6.45) is 4.66. The summed E-state index contributed by atoms with van der Waals surface area (Å²) < 4.78 is 6.37. The molecule has 2 N–H and O–H groups in total. The van der Waals surface area contributed by atoms with E-state index in [9.17, 15) is 0 Å². The van der Waals surface area contributed by atoms with Crippen molar-refractivity contribution in [2.24, 2.45) is 0 Å². The van der Waals surface area contributed by atoms with Gasteiger partial charge in [-0.1, -0.05) is 36.7 Å². The Morgan fingerprint density at radius 2 is 1.74 bits per heavy atom.